The second kappa shape index (κ2) is 8.61. The lowest BCUT2D eigenvalue weighted by molar-refractivity contribution is -0.134. The van der Waals surface area contributed by atoms with Crippen LogP contribution in [0.2, 0.25) is 0 Å². The van der Waals surface area contributed by atoms with Crippen LogP contribution in [0.25, 0.3) is 0 Å². The van der Waals surface area contributed by atoms with Crippen molar-refractivity contribution in [3.8, 4) is 0 Å². The van der Waals surface area contributed by atoms with E-state index in [1.54, 1.807) is 6.07 Å². The molecule has 2 heterocycles. The summed E-state index contributed by atoms with van der Waals surface area (Å²) in [6, 6.07) is 2.88. The Labute approximate surface area is 194 Å². The van der Waals surface area contributed by atoms with Crippen LogP contribution in [0.3, 0.4) is 0 Å². The molecule has 1 atom stereocenters. The van der Waals surface area contributed by atoms with E-state index in [2.05, 4.69) is 31.4 Å². The van der Waals surface area contributed by atoms with Crippen molar-refractivity contribution in [2.75, 3.05) is 18.6 Å². The zero-order chi connectivity index (χ0) is 24.0. The number of benzene rings is 1. The van der Waals surface area contributed by atoms with Gasteiger partial charge < -0.3 is 15.0 Å². The Morgan fingerprint density at radius 2 is 1.88 bits per heavy atom. The number of alkyl carbamates (subject to hydrolysis) is 1. The molecule has 3 amide bonds. The van der Waals surface area contributed by atoms with Crippen LogP contribution >= 0.6 is 0 Å². The molecule has 0 spiro atoms. The predicted octanol–water partition coefficient (Wildman–Crippen LogP) is 3.79. The Balaban J connectivity index is 1.58. The van der Waals surface area contributed by atoms with Crippen molar-refractivity contribution in [1.29, 1.82) is 0 Å². The molecule has 1 aromatic carbocycles. The molecule has 180 valence electrons. The highest BCUT2D eigenvalue weighted by atomic mass is 19.1. The highest BCUT2D eigenvalue weighted by Gasteiger charge is 2.47. The van der Waals surface area contributed by atoms with Gasteiger partial charge in [0, 0.05) is 24.2 Å². The molecule has 4 rings (SSSR count). The minimum atomic E-state index is -0.435. The average Bonchev–Trinajstić information content (AvgIpc) is 3.17. The number of rotatable bonds is 3. The Kier molecular flexibility index (Phi) is 6.14. The number of amides is 3. The second-order valence-corrected chi connectivity index (χ2v) is 10.6. The van der Waals surface area contributed by atoms with Crippen LogP contribution in [0.1, 0.15) is 76.3 Å². The summed E-state index contributed by atoms with van der Waals surface area (Å²) in [5.74, 6) is -0.656. The van der Waals surface area contributed by atoms with Gasteiger partial charge in [0.25, 0.3) is 0 Å². The van der Waals surface area contributed by atoms with Crippen LogP contribution in [-0.2, 0) is 20.7 Å². The SMILES string of the molecule is COC(=O)NC1(C(C)(C)C)CCC(c2c(F)ccc3c2CCN3C2CCC(=O)NC2=O)CC1. The Morgan fingerprint density at radius 3 is 2.48 bits per heavy atom. The number of imide groups is 1. The number of nitrogens with zero attached hydrogens (tertiary/aromatic N) is 1. The molecule has 0 radical (unpaired) electrons. The third kappa shape index (κ3) is 4.20. The monoisotopic (exact) mass is 459 g/mol. The third-order valence-corrected chi connectivity index (χ3v) is 7.99. The molecular weight excluding hydrogens is 425 g/mol. The number of hydrogen-bond acceptors (Lipinski definition) is 5. The van der Waals surface area contributed by atoms with Gasteiger partial charge in [0.2, 0.25) is 11.8 Å². The molecule has 1 saturated heterocycles. The van der Waals surface area contributed by atoms with Crippen LogP contribution in [-0.4, -0.2) is 43.1 Å². The molecule has 3 aliphatic rings. The molecule has 1 saturated carbocycles. The topological polar surface area (TPSA) is 87.7 Å². The first-order valence-electron chi connectivity index (χ1n) is 11.8. The van der Waals surface area contributed by atoms with Crippen molar-refractivity contribution in [3.05, 3.63) is 29.1 Å². The van der Waals surface area contributed by atoms with Gasteiger partial charge in [-0.15, -0.1) is 0 Å². The van der Waals surface area contributed by atoms with Gasteiger partial charge in [0.1, 0.15) is 11.9 Å². The van der Waals surface area contributed by atoms with Crippen molar-refractivity contribution < 1.29 is 23.5 Å². The van der Waals surface area contributed by atoms with Gasteiger partial charge in [-0.05, 0) is 73.1 Å². The van der Waals surface area contributed by atoms with Crippen molar-refractivity contribution in [2.24, 2.45) is 5.41 Å². The smallest absolute Gasteiger partial charge is 0.407 e. The minimum Gasteiger partial charge on any atom is -0.453 e. The molecule has 2 N–H and O–H groups in total. The number of anilines is 1. The van der Waals surface area contributed by atoms with Crippen LogP contribution in [0.15, 0.2) is 12.1 Å². The van der Waals surface area contributed by atoms with Crippen molar-refractivity contribution in [1.82, 2.24) is 10.6 Å². The van der Waals surface area contributed by atoms with Crippen molar-refractivity contribution in [2.45, 2.75) is 83.2 Å². The lowest BCUT2D eigenvalue weighted by Gasteiger charge is -2.49. The van der Waals surface area contributed by atoms with E-state index in [9.17, 15) is 14.4 Å². The fourth-order valence-electron chi connectivity index (χ4n) is 5.96. The zero-order valence-electron chi connectivity index (χ0n) is 19.9. The summed E-state index contributed by atoms with van der Waals surface area (Å²) in [5, 5.41) is 5.52. The minimum absolute atomic E-state index is 0.0524. The number of methoxy groups -OCH3 is 1. The van der Waals surface area contributed by atoms with E-state index in [0.29, 0.717) is 25.8 Å². The van der Waals surface area contributed by atoms with Gasteiger partial charge in [-0.1, -0.05) is 20.8 Å². The second-order valence-electron chi connectivity index (χ2n) is 10.6. The quantitative estimate of drug-likeness (QED) is 0.672. The van der Waals surface area contributed by atoms with Gasteiger partial charge in [-0.25, -0.2) is 9.18 Å². The number of piperidine rings is 1. The third-order valence-electron chi connectivity index (χ3n) is 7.99. The first-order valence-corrected chi connectivity index (χ1v) is 11.8. The summed E-state index contributed by atoms with van der Waals surface area (Å²) < 4.78 is 20.1. The Morgan fingerprint density at radius 1 is 1.18 bits per heavy atom. The summed E-state index contributed by atoms with van der Waals surface area (Å²) >= 11 is 0. The predicted molar refractivity (Wildman–Crippen MR) is 123 cm³/mol. The molecule has 1 unspecified atom stereocenters. The summed E-state index contributed by atoms with van der Waals surface area (Å²) in [6.45, 7) is 6.98. The molecule has 2 fully saturated rings. The first-order chi connectivity index (χ1) is 15.6. The van der Waals surface area contributed by atoms with Gasteiger partial charge in [0.05, 0.1) is 7.11 Å². The molecule has 0 aromatic heterocycles. The van der Waals surface area contributed by atoms with E-state index in [1.807, 2.05) is 4.90 Å². The summed E-state index contributed by atoms with van der Waals surface area (Å²) in [4.78, 5) is 38.1. The van der Waals surface area contributed by atoms with E-state index in [1.165, 1.54) is 13.2 Å². The number of halogens is 1. The van der Waals surface area contributed by atoms with Crippen LogP contribution in [0, 0.1) is 11.2 Å². The number of hydrogen-bond donors (Lipinski definition) is 2. The van der Waals surface area contributed by atoms with Crippen LogP contribution in [0.5, 0.6) is 0 Å². The molecule has 0 bridgehead atoms. The summed E-state index contributed by atoms with van der Waals surface area (Å²) in [7, 11) is 1.37. The van der Waals surface area contributed by atoms with Crippen molar-refractivity contribution in [3.63, 3.8) is 0 Å². The van der Waals surface area contributed by atoms with E-state index in [-0.39, 0.29) is 29.0 Å². The maximum atomic E-state index is 15.2. The average molecular weight is 460 g/mol. The Bertz CT molecular complexity index is 963. The first kappa shape index (κ1) is 23.5. The van der Waals surface area contributed by atoms with E-state index in [4.69, 9.17) is 4.74 Å². The van der Waals surface area contributed by atoms with Crippen molar-refractivity contribution >= 4 is 23.6 Å². The van der Waals surface area contributed by atoms with E-state index in [0.717, 1.165) is 42.5 Å². The van der Waals surface area contributed by atoms with E-state index >= 15 is 4.39 Å². The fourth-order valence-corrected chi connectivity index (χ4v) is 5.96. The maximum Gasteiger partial charge on any atom is 0.407 e. The Hall–Kier alpha value is -2.64. The van der Waals surface area contributed by atoms with Crippen LogP contribution in [0.4, 0.5) is 14.9 Å². The molecular formula is C25H34FN3O4. The number of fused-ring (bicyclic) bond motifs is 1. The highest BCUT2D eigenvalue weighted by molar-refractivity contribution is 6.02. The highest BCUT2D eigenvalue weighted by Crippen LogP contribution is 2.49. The lowest BCUT2D eigenvalue weighted by Crippen LogP contribution is -2.58. The van der Waals surface area contributed by atoms with Gasteiger partial charge >= 0.3 is 6.09 Å². The van der Waals surface area contributed by atoms with Crippen LogP contribution < -0.4 is 15.5 Å². The van der Waals surface area contributed by atoms with E-state index < -0.39 is 17.7 Å². The summed E-state index contributed by atoms with van der Waals surface area (Å²) in [5.41, 5.74) is 2.05. The standard InChI is InChI=1S/C25H34FN3O4/c1-24(2,3)25(28-23(32)33-4)12-9-15(10-13-25)21-16-11-14-29(18(16)6-5-17(21)26)19-7-8-20(30)27-22(19)31/h5-6,15,19H,7-14H2,1-4H3,(H,28,32)(H,27,30,31). The largest absolute Gasteiger partial charge is 0.453 e. The van der Waals surface area contributed by atoms with Gasteiger partial charge in [-0.3, -0.25) is 14.9 Å². The number of ether oxygens (including phenoxy) is 1. The van der Waals surface area contributed by atoms with Gasteiger partial charge in [-0.2, -0.15) is 0 Å². The fraction of sp³-hybridized carbons (Fsp3) is 0.640. The zero-order valence-corrected chi connectivity index (χ0v) is 19.9. The molecule has 33 heavy (non-hydrogen) atoms. The number of carbonyl (C=O) groups is 3. The normalized spacial score (nSPS) is 27.7. The maximum absolute atomic E-state index is 15.2. The lowest BCUT2D eigenvalue weighted by atomic mass is 9.62. The molecule has 2 aliphatic heterocycles. The number of nitrogens with one attached hydrogen (secondary N) is 2. The molecule has 1 aliphatic carbocycles. The summed E-state index contributed by atoms with van der Waals surface area (Å²) in [6.07, 6.45) is 4.03. The number of carbonyl (C=O) groups excluding carboxylic acids is 3. The molecule has 8 heteroatoms. The molecule has 7 nitrogen and oxygen atoms in total. The molecule has 1 aromatic rings. The van der Waals surface area contributed by atoms with Gasteiger partial charge in [0.15, 0.2) is 0 Å².